The molecule has 0 bridgehead atoms. The molecule has 1 spiro atoms. The minimum Gasteiger partial charge on any atom is -0.443 e. The van der Waals surface area contributed by atoms with Crippen molar-refractivity contribution in [1.29, 1.82) is 0 Å². The largest absolute Gasteiger partial charge is 0.443 e. The third-order valence-electron chi connectivity index (χ3n) is 7.44. The number of carbonyl (C=O) groups excluding carboxylic acids is 1. The van der Waals surface area contributed by atoms with Crippen molar-refractivity contribution in [1.82, 2.24) is 4.90 Å². The Bertz CT molecular complexity index is 960. The molecular formula is C28H39N3O3. The van der Waals surface area contributed by atoms with Crippen LogP contribution < -0.4 is 0 Å². The SMILES string of the molecule is C=C(OC(CCCN(CCC)C(=O)C1CC12CC2)=NC)c1ccc(C=NC)c(CC2COC2)c1. The first-order chi connectivity index (χ1) is 16.5. The third kappa shape index (κ3) is 5.77. The predicted molar refractivity (Wildman–Crippen MR) is 137 cm³/mol. The van der Waals surface area contributed by atoms with E-state index >= 15 is 0 Å². The number of hydrogen-bond donors (Lipinski definition) is 0. The quantitative estimate of drug-likeness (QED) is 0.254. The Kier molecular flexibility index (Phi) is 7.87. The van der Waals surface area contributed by atoms with Gasteiger partial charge in [0.05, 0.1) is 13.2 Å². The van der Waals surface area contributed by atoms with Gasteiger partial charge in [-0.05, 0) is 61.1 Å². The topological polar surface area (TPSA) is 63.5 Å². The molecule has 4 rings (SSSR count). The van der Waals surface area contributed by atoms with Crippen LogP contribution in [0.2, 0.25) is 0 Å². The monoisotopic (exact) mass is 465 g/mol. The molecule has 1 atom stereocenters. The fourth-order valence-corrected chi connectivity index (χ4v) is 5.00. The van der Waals surface area contributed by atoms with Crippen LogP contribution in [-0.4, -0.2) is 63.3 Å². The summed E-state index contributed by atoms with van der Waals surface area (Å²) in [5.74, 6) is 2.46. The van der Waals surface area contributed by atoms with E-state index in [9.17, 15) is 4.79 Å². The lowest BCUT2D eigenvalue weighted by Crippen LogP contribution is -2.34. The van der Waals surface area contributed by atoms with Gasteiger partial charge >= 0.3 is 0 Å². The number of benzene rings is 1. The summed E-state index contributed by atoms with van der Waals surface area (Å²) in [7, 11) is 3.54. The van der Waals surface area contributed by atoms with Crippen molar-refractivity contribution in [3.63, 3.8) is 0 Å². The van der Waals surface area contributed by atoms with Crippen LogP contribution in [0, 0.1) is 17.3 Å². The Hall–Kier alpha value is -2.47. The van der Waals surface area contributed by atoms with Gasteiger partial charge < -0.3 is 14.4 Å². The van der Waals surface area contributed by atoms with E-state index in [4.69, 9.17) is 9.47 Å². The van der Waals surface area contributed by atoms with E-state index in [1.807, 2.05) is 12.3 Å². The maximum Gasteiger partial charge on any atom is 0.226 e. The lowest BCUT2D eigenvalue weighted by atomic mass is 9.93. The van der Waals surface area contributed by atoms with Gasteiger partial charge in [0.2, 0.25) is 5.91 Å². The van der Waals surface area contributed by atoms with Gasteiger partial charge in [-0.25, -0.2) is 0 Å². The standard InChI is InChI=1S/C28H39N3O3/c1-5-12-31(27(32)25-16-28(25)10-11-28)13-6-7-26(30-4)34-20(2)22-8-9-23(17-29-3)24(15-22)14-21-18-33-19-21/h8-9,15,17,21,25H,2,5-7,10-14,16,18-19H2,1,3-4H3. The van der Waals surface area contributed by atoms with E-state index in [0.717, 1.165) is 63.1 Å². The first-order valence-corrected chi connectivity index (χ1v) is 12.7. The van der Waals surface area contributed by atoms with Crippen LogP contribution in [0.4, 0.5) is 0 Å². The van der Waals surface area contributed by atoms with Crippen molar-refractivity contribution < 1.29 is 14.3 Å². The maximum atomic E-state index is 12.9. The summed E-state index contributed by atoms with van der Waals surface area (Å²) in [5, 5.41) is 0. The molecule has 34 heavy (non-hydrogen) atoms. The molecule has 1 saturated heterocycles. The Balaban J connectivity index is 1.31. The van der Waals surface area contributed by atoms with Gasteiger partial charge in [-0.1, -0.05) is 25.6 Å². The van der Waals surface area contributed by atoms with Gasteiger partial charge in [0.1, 0.15) is 5.76 Å². The summed E-state index contributed by atoms with van der Waals surface area (Å²) in [4.78, 5) is 23.5. The lowest BCUT2D eigenvalue weighted by molar-refractivity contribution is -0.133. The zero-order valence-electron chi connectivity index (χ0n) is 21.0. The molecule has 6 heteroatoms. The van der Waals surface area contributed by atoms with Gasteiger partial charge in [0, 0.05) is 57.2 Å². The van der Waals surface area contributed by atoms with Crippen molar-refractivity contribution in [2.75, 3.05) is 40.4 Å². The highest BCUT2D eigenvalue weighted by atomic mass is 16.5. The minimum absolute atomic E-state index is 0.288. The highest BCUT2D eigenvalue weighted by Gasteiger charge is 2.66. The molecule has 0 radical (unpaired) electrons. The molecule has 3 aliphatic rings. The molecule has 2 saturated carbocycles. The molecule has 1 heterocycles. The van der Waals surface area contributed by atoms with Crippen LogP contribution in [0.15, 0.2) is 34.8 Å². The minimum atomic E-state index is 0.288. The summed E-state index contributed by atoms with van der Waals surface area (Å²) < 4.78 is 11.4. The summed E-state index contributed by atoms with van der Waals surface area (Å²) in [6.07, 6.45) is 8.97. The molecule has 1 aromatic rings. The smallest absolute Gasteiger partial charge is 0.226 e. The number of carbonyl (C=O) groups is 1. The maximum absolute atomic E-state index is 12.9. The van der Waals surface area contributed by atoms with Gasteiger partial charge in [0.15, 0.2) is 5.90 Å². The Morgan fingerprint density at radius 1 is 1.29 bits per heavy atom. The zero-order valence-corrected chi connectivity index (χ0v) is 21.0. The van der Waals surface area contributed by atoms with Crippen LogP contribution in [-0.2, 0) is 20.7 Å². The Labute approximate surface area is 204 Å². The second-order valence-electron chi connectivity index (χ2n) is 10.1. The third-order valence-corrected chi connectivity index (χ3v) is 7.44. The van der Waals surface area contributed by atoms with E-state index in [-0.39, 0.29) is 5.92 Å². The fourth-order valence-electron chi connectivity index (χ4n) is 5.00. The number of nitrogens with zero attached hydrogens (tertiary/aromatic N) is 3. The second kappa shape index (κ2) is 10.9. The van der Waals surface area contributed by atoms with Crippen molar-refractivity contribution in [2.45, 2.75) is 51.9 Å². The van der Waals surface area contributed by atoms with Crippen LogP contribution in [0.25, 0.3) is 5.76 Å². The summed E-state index contributed by atoms with van der Waals surface area (Å²) in [6.45, 7) is 9.53. The zero-order chi connectivity index (χ0) is 24.1. The molecule has 184 valence electrons. The van der Waals surface area contributed by atoms with E-state index in [1.165, 1.54) is 18.4 Å². The van der Waals surface area contributed by atoms with E-state index < -0.39 is 0 Å². The first-order valence-electron chi connectivity index (χ1n) is 12.7. The van der Waals surface area contributed by atoms with Gasteiger partial charge in [0.25, 0.3) is 0 Å². The average Bonchev–Trinajstić information content (AvgIpc) is 3.74. The van der Waals surface area contributed by atoms with Crippen molar-refractivity contribution in [3.05, 3.63) is 41.5 Å². The van der Waals surface area contributed by atoms with Crippen LogP contribution in [0.1, 0.15) is 62.1 Å². The molecule has 0 N–H and O–H groups in total. The fraction of sp³-hybridized carbons (Fsp3) is 0.607. The number of hydrogen-bond acceptors (Lipinski definition) is 5. The lowest BCUT2D eigenvalue weighted by Gasteiger charge is -2.26. The molecule has 1 aromatic carbocycles. The molecular weight excluding hydrogens is 426 g/mol. The second-order valence-corrected chi connectivity index (χ2v) is 10.1. The summed E-state index contributed by atoms with van der Waals surface area (Å²) >= 11 is 0. The van der Waals surface area contributed by atoms with Crippen LogP contribution >= 0.6 is 0 Å². The Morgan fingerprint density at radius 2 is 2.09 bits per heavy atom. The van der Waals surface area contributed by atoms with Crippen molar-refractivity contribution in [3.8, 4) is 0 Å². The molecule has 1 unspecified atom stereocenters. The number of ether oxygens (including phenoxy) is 2. The van der Waals surface area contributed by atoms with Crippen LogP contribution in [0.5, 0.6) is 0 Å². The van der Waals surface area contributed by atoms with E-state index in [0.29, 0.717) is 35.3 Å². The number of amides is 1. The average molecular weight is 466 g/mol. The van der Waals surface area contributed by atoms with Crippen LogP contribution in [0.3, 0.4) is 0 Å². The van der Waals surface area contributed by atoms with E-state index in [1.54, 1.807) is 14.1 Å². The van der Waals surface area contributed by atoms with Gasteiger partial charge in [-0.2, -0.15) is 0 Å². The predicted octanol–water partition coefficient (Wildman–Crippen LogP) is 4.76. The summed E-state index contributed by atoms with van der Waals surface area (Å²) in [5.41, 5.74) is 3.72. The molecule has 1 aliphatic heterocycles. The first kappa shape index (κ1) is 24.6. The molecule has 2 aliphatic carbocycles. The van der Waals surface area contributed by atoms with Gasteiger partial charge in [-0.15, -0.1) is 0 Å². The van der Waals surface area contributed by atoms with Crippen molar-refractivity contribution >= 4 is 23.8 Å². The normalized spacial score (nSPS) is 20.9. The van der Waals surface area contributed by atoms with Gasteiger partial charge in [-0.3, -0.25) is 14.8 Å². The highest BCUT2D eigenvalue weighted by molar-refractivity contribution is 5.85. The van der Waals surface area contributed by atoms with E-state index in [2.05, 4.69) is 40.5 Å². The van der Waals surface area contributed by atoms with Crippen molar-refractivity contribution in [2.24, 2.45) is 27.2 Å². The molecule has 6 nitrogen and oxygen atoms in total. The molecule has 0 aromatic heterocycles. The molecule has 3 fully saturated rings. The number of aliphatic imine (C=N–C) groups is 2. The summed E-state index contributed by atoms with van der Waals surface area (Å²) in [6, 6.07) is 6.25. The Morgan fingerprint density at radius 3 is 2.68 bits per heavy atom. The highest BCUT2D eigenvalue weighted by Crippen LogP contribution is 2.70. The number of rotatable bonds is 12. The molecule has 1 amide bonds.